The summed E-state index contributed by atoms with van der Waals surface area (Å²) in [4.78, 5) is 34.4. The second kappa shape index (κ2) is 13.5. The molecule has 1 fully saturated rings. The molecule has 0 radical (unpaired) electrons. The minimum atomic E-state index is -0.289. The maximum absolute atomic E-state index is 13.0. The Morgan fingerprint density at radius 2 is 1.29 bits per heavy atom. The van der Waals surface area contributed by atoms with Crippen molar-refractivity contribution in [2.24, 2.45) is 11.8 Å². The number of pyridine rings is 2. The van der Waals surface area contributed by atoms with E-state index in [1.807, 2.05) is 0 Å². The number of rotatable bonds is 12. The van der Waals surface area contributed by atoms with Gasteiger partial charge in [-0.1, -0.05) is 6.42 Å². The molecular formula is C24H32N4O6. The Balaban J connectivity index is 1.58. The van der Waals surface area contributed by atoms with Crippen molar-refractivity contribution in [3.05, 3.63) is 36.7 Å². The maximum Gasteiger partial charge on any atom is 0.237 e. The standard InChI is InChI=1S/C24H32N4O6/c1-31-12-14-33-23-19(8-4-10-25-23)27-21(29)17-6-3-7-18(16-17)22(30)28-20-9-5-11-26-24(20)34-15-13-32-2/h4-5,8-11,17-18H,3,6-7,12-16H2,1-2H3,(H,27,29)(H,28,30). The molecular weight excluding hydrogens is 440 g/mol. The molecule has 1 aliphatic carbocycles. The van der Waals surface area contributed by atoms with Crippen LogP contribution in [0.4, 0.5) is 11.4 Å². The van der Waals surface area contributed by atoms with Gasteiger partial charge in [-0.15, -0.1) is 0 Å². The molecule has 0 spiro atoms. The lowest BCUT2D eigenvalue weighted by Crippen LogP contribution is -2.33. The number of ether oxygens (including phenoxy) is 4. The van der Waals surface area contributed by atoms with Gasteiger partial charge in [0.1, 0.15) is 24.6 Å². The molecule has 10 heteroatoms. The number of carbonyl (C=O) groups excluding carboxylic acids is 2. The van der Waals surface area contributed by atoms with Crippen LogP contribution < -0.4 is 20.1 Å². The molecule has 184 valence electrons. The van der Waals surface area contributed by atoms with Crippen LogP contribution in [0.25, 0.3) is 0 Å². The van der Waals surface area contributed by atoms with Crippen LogP contribution in [0.15, 0.2) is 36.7 Å². The number of methoxy groups -OCH3 is 2. The van der Waals surface area contributed by atoms with Crippen molar-refractivity contribution in [3.8, 4) is 11.8 Å². The van der Waals surface area contributed by atoms with Gasteiger partial charge in [0.25, 0.3) is 0 Å². The Hall–Kier alpha value is -3.24. The zero-order valence-corrected chi connectivity index (χ0v) is 19.6. The number of carbonyl (C=O) groups is 2. The number of hydrogen-bond donors (Lipinski definition) is 2. The summed E-state index contributed by atoms with van der Waals surface area (Å²) in [7, 11) is 3.17. The second-order valence-corrected chi connectivity index (χ2v) is 7.93. The van der Waals surface area contributed by atoms with Gasteiger partial charge in [-0.2, -0.15) is 0 Å². The van der Waals surface area contributed by atoms with Gasteiger partial charge in [0.15, 0.2) is 0 Å². The van der Waals surface area contributed by atoms with Gasteiger partial charge in [0, 0.05) is 38.4 Å². The van der Waals surface area contributed by atoms with Gasteiger partial charge < -0.3 is 29.6 Å². The lowest BCUT2D eigenvalue weighted by Gasteiger charge is -2.28. The molecule has 34 heavy (non-hydrogen) atoms. The van der Waals surface area contributed by atoms with E-state index in [4.69, 9.17) is 18.9 Å². The third kappa shape index (κ3) is 7.39. The summed E-state index contributed by atoms with van der Waals surface area (Å²) in [5.41, 5.74) is 1.01. The first-order chi connectivity index (χ1) is 16.6. The van der Waals surface area contributed by atoms with Crippen molar-refractivity contribution in [3.63, 3.8) is 0 Å². The van der Waals surface area contributed by atoms with Crippen molar-refractivity contribution < 1.29 is 28.5 Å². The predicted octanol–water partition coefficient (Wildman–Crippen LogP) is 2.91. The fraction of sp³-hybridized carbons (Fsp3) is 0.500. The molecule has 2 N–H and O–H groups in total. The summed E-state index contributed by atoms with van der Waals surface area (Å²) in [6.45, 7) is 1.49. The van der Waals surface area contributed by atoms with E-state index in [1.165, 1.54) is 0 Å². The number of nitrogens with zero attached hydrogens (tertiary/aromatic N) is 2. The number of amides is 2. The van der Waals surface area contributed by atoms with E-state index in [0.29, 0.717) is 68.8 Å². The maximum atomic E-state index is 13.0. The van der Waals surface area contributed by atoms with Gasteiger partial charge in [-0.05, 0) is 43.5 Å². The Labute approximate surface area is 199 Å². The zero-order chi connectivity index (χ0) is 24.2. The molecule has 2 aromatic rings. The molecule has 10 nitrogen and oxygen atoms in total. The minimum absolute atomic E-state index is 0.146. The Morgan fingerprint density at radius 3 is 1.74 bits per heavy atom. The van der Waals surface area contributed by atoms with E-state index in [9.17, 15) is 9.59 Å². The molecule has 2 amide bonds. The van der Waals surface area contributed by atoms with Gasteiger partial charge in [-0.3, -0.25) is 9.59 Å². The highest BCUT2D eigenvalue weighted by atomic mass is 16.5. The molecule has 2 aromatic heterocycles. The first-order valence-corrected chi connectivity index (χ1v) is 11.4. The van der Waals surface area contributed by atoms with Crippen molar-refractivity contribution >= 4 is 23.2 Å². The van der Waals surface area contributed by atoms with Crippen molar-refractivity contribution in [1.82, 2.24) is 9.97 Å². The summed E-state index contributed by atoms with van der Waals surface area (Å²) < 4.78 is 21.2. The van der Waals surface area contributed by atoms with Crippen molar-refractivity contribution in [2.75, 3.05) is 51.3 Å². The first kappa shape index (κ1) is 25.4. The minimum Gasteiger partial charge on any atom is -0.474 e. The number of aromatic nitrogens is 2. The molecule has 2 heterocycles. The highest BCUT2D eigenvalue weighted by molar-refractivity contribution is 5.96. The van der Waals surface area contributed by atoms with Crippen LogP contribution in [0.3, 0.4) is 0 Å². The summed E-state index contributed by atoms with van der Waals surface area (Å²) in [6.07, 6.45) is 5.87. The normalized spacial score (nSPS) is 17.6. The Kier molecular flexibility index (Phi) is 10.1. The largest absolute Gasteiger partial charge is 0.474 e. The highest BCUT2D eigenvalue weighted by Crippen LogP contribution is 2.32. The van der Waals surface area contributed by atoms with E-state index >= 15 is 0 Å². The fourth-order valence-electron chi connectivity index (χ4n) is 3.78. The van der Waals surface area contributed by atoms with Crippen molar-refractivity contribution in [1.29, 1.82) is 0 Å². The van der Waals surface area contributed by atoms with E-state index in [0.717, 1.165) is 6.42 Å². The Bertz CT molecular complexity index is 868. The topological polar surface area (TPSA) is 121 Å². The number of hydrogen-bond acceptors (Lipinski definition) is 8. The Morgan fingerprint density at radius 1 is 0.824 bits per heavy atom. The van der Waals surface area contributed by atoms with Crippen LogP contribution in [-0.4, -0.2) is 62.4 Å². The summed E-state index contributed by atoms with van der Waals surface area (Å²) in [5.74, 6) is -0.184. The third-order valence-electron chi connectivity index (χ3n) is 5.53. The fourth-order valence-corrected chi connectivity index (χ4v) is 3.78. The van der Waals surface area contributed by atoms with Crippen LogP contribution in [0, 0.1) is 11.8 Å². The quantitative estimate of drug-likeness (QED) is 0.453. The van der Waals surface area contributed by atoms with E-state index in [1.54, 1.807) is 50.9 Å². The number of anilines is 2. The van der Waals surface area contributed by atoms with E-state index in [-0.39, 0.29) is 23.7 Å². The summed E-state index contributed by atoms with van der Waals surface area (Å²) in [5, 5.41) is 5.83. The van der Waals surface area contributed by atoms with E-state index in [2.05, 4.69) is 20.6 Å². The highest BCUT2D eigenvalue weighted by Gasteiger charge is 2.32. The molecule has 2 unspecified atom stereocenters. The van der Waals surface area contributed by atoms with Crippen LogP contribution in [-0.2, 0) is 19.1 Å². The molecule has 0 aliphatic heterocycles. The molecule has 0 saturated heterocycles. The van der Waals surface area contributed by atoms with Gasteiger partial charge in [-0.25, -0.2) is 9.97 Å². The zero-order valence-electron chi connectivity index (χ0n) is 19.6. The predicted molar refractivity (Wildman–Crippen MR) is 126 cm³/mol. The molecule has 3 rings (SSSR count). The van der Waals surface area contributed by atoms with Gasteiger partial charge >= 0.3 is 0 Å². The van der Waals surface area contributed by atoms with Crippen LogP contribution in [0.5, 0.6) is 11.8 Å². The number of nitrogens with one attached hydrogen (secondary N) is 2. The van der Waals surface area contributed by atoms with Crippen LogP contribution >= 0.6 is 0 Å². The van der Waals surface area contributed by atoms with E-state index < -0.39 is 0 Å². The summed E-state index contributed by atoms with van der Waals surface area (Å²) in [6, 6.07) is 6.95. The second-order valence-electron chi connectivity index (χ2n) is 7.93. The molecule has 0 bridgehead atoms. The van der Waals surface area contributed by atoms with Gasteiger partial charge in [0.2, 0.25) is 23.6 Å². The molecule has 1 aliphatic rings. The average molecular weight is 473 g/mol. The third-order valence-corrected chi connectivity index (χ3v) is 5.53. The molecule has 2 atom stereocenters. The lowest BCUT2D eigenvalue weighted by molar-refractivity contribution is -0.124. The average Bonchev–Trinajstić information content (AvgIpc) is 2.86. The monoisotopic (exact) mass is 472 g/mol. The smallest absolute Gasteiger partial charge is 0.237 e. The molecule has 0 aromatic carbocycles. The SMILES string of the molecule is COCCOc1ncccc1NC(=O)C1CCCC(C(=O)Nc2cccnc2OCCOC)C1. The van der Waals surface area contributed by atoms with Crippen LogP contribution in [0.1, 0.15) is 25.7 Å². The first-order valence-electron chi connectivity index (χ1n) is 11.4. The van der Waals surface area contributed by atoms with Crippen molar-refractivity contribution in [2.45, 2.75) is 25.7 Å². The van der Waals surface area contributed by atoms with Crippen LogP contribution in [0.2, 0.25) is 0 Å². The molecule has 1 saturated carbocycles. The summed E-state index contributed by atoms with van der Waals surface area (Å²) >= 11 is 0. The lowest BCUT2D eigenvalue weighted by atomic mass is 9.80. The van der Waals surface area contributed by atoms with Gasteiger partial charge in [0.05, 0.1) is 13.2 Å².